The second-order valence-corrected chi connectivity index (χ2v) is 7.64. The molecular weight excluding hydrogens is 344 g/mol. The van der Waals surface area contributed by atoms with Gasteiger partial charge in [-0.25, -0.2) is 0 Å². The Morgan fingerprint density at radius 1 is 1.19 bits per heavy atom. The number of anilines is 1. The summed E-state index contributed by atoms with van der Waals surface area (Å²) in [6.07, 6.45) is 4.26. The van der Waals surface area contributed by atoms with E-state index in [9.17, 15) is 9.59 Å². The van der Waals surface area contributed by atoms with E-state index in [-0.39, 0.29) is 17.7 Å². The SMILES string of the molecule is O=C(Nc1ccc2c(c1)CN(C(=O)c1cc(C3CC3)[nH]n1)CCO2)C1CC1. The highest BCUT2D eigenvalue weighted by atomic mass is 16.5. The summed E-state index contributed by atoms with van der Waals surface area (Å²) >= 11 is 0. The lowest BCUT2D eigenvalue weighted by Gasteiger charge is -2.18. The van der Waals surface area contributed by atoms with Crippen molar-refractivity contribution in [3.63, 3.8) is 0 Å². The molecular formula is C20H22N4O3. The van der Waals surface area contributed by atoms with Gasteiger partial charge in [-0.3, -0.25) is 14.7 Å². The van der Waals surface area contributed by atoms with Gasteiger partial charge in [0.2, 0.25) is 5.91 Å². The highest BCUT2D eigenvalue weighted by Crippen LogP contribution is 2.39. The first-order valence-electron chi connectivity index (χ1n) is 9.58. The van der Waals surface area contributed by atoms with Gasteiger partial charge in [0.05, 0.1) is 6.54 Å². The Hall–Kier alpha value is -2.83. The fraction of sp³-hybridized carbons (Fsp3) is 0.450. The monoisotopic (exact) mass is 366 g/mol. The average molecular weight is 366 g/mol. The molecule has 1 aliphatic heterocycles. The Morgan fingerprint density at radius 2 is 2.04 bits per heavy atom. The zero-order valence-electron chi connectivity index (χ0n) is 15.0. The number of aromatic nitrogens is 2. The number of nitrogens with zero attached hydrogens (tertiary/aromatic N) is 2. The molecule has 1 aromatic carbocycles. The lowest BCUT2D eigenvalue weighted by Crippen LogP contribution is -2.32. The van der Waals surface area contributed by atoms with E-state index in [0.717, 1.165) is 48.4 Å². The van der Waals surface area contributed by atoms with E-state index in [4.69, 9.17) is 4.74 Å². The fourth-order valence-corrected chi connectivity index (χ4v) is 3.45. The minimum atomic E-state index is -0.0954. The van der Waals surface area contributed by atoms with Crippen LogP contribution in [0.2, 0.25) is 0 Å². The summed E-state index contributed by atoms with van der Waals surface area (Å²) < 4.78 is 5.80. The Balaban J connectivity index is 1.33. The first-order chi connectivity index (χ1) is 13.2. The highest BCUT2D eigenvalue weighted by molar-refractivity contribution is 5.94. The minimum Gasteiger partial charge on any atom is -0.491 e. The number of carbonyl (C=O) groups excluding carboxylic acids is 2. The number of H-pyrrole nitrogens is 1. The van der Waals surface area contributed by atoms with Gasteiger partial charge in [0.15, 0.2) is 0 Å². The van der Waals surface area contributed by atoms with E-state index in [0.29, 0.717) is 31.3 Å². The number of ether oxygens (including phenoxy) is 1. The van der Waals surface area contributed by atoms with Crippen LogP contribution in [0.5, 0.6) is 5.75 Å². The average Bonchev–Trinajstić information content (AvgIpc) is 3.58. The van der Waals surface area contributed by atoms with Crippen LogP contribution < -0.4 is 10.1 Å². The predicted molar refractivity (Wildman–Crippen MR) is 98.6 cm³/mol. The number of hydrogen-bond donors (Lipinski definition) is 2. The lowest BCUT2D eigenvalue weighted by molar-refractivity contribution is -0.117. The van der Waals surface area contributed by atoms with E-state index >= 15 is 0 Å². The van der Waals surface area contributed by atoms with Crippen LogP contribution in [-0.2, 0) is 11.3 Å². The van der Waals surface area contributed by atoms with Crippen molar-refractivity contribution in [1.82, 2.24) is 15.1 Å². The smallest absolute Gasteiger partial charge is 0.274 e. The van der Waals surface area contributed by atoms with Crippen molar-refractivity contribution in [3.05, 3.63) is 41.2 Å². The van der Waals surface area contributed by atoms with Gasteiger partial charge in [-0.05, 0) is 49.9 Å². The quantitative estimate of drug-likeness (QED) is 0.871. The summed E-state index contributed by atoms with van der Waals surface area (Å²) in [7, 11) is 0. The third-order valence-electron chi connectivity index (χ3n) is 5.38. The van der Waals surface area contributed by atoms with E-state index in [1.807, 2.05) is 24.3 Å². The molecule has 2 heterocycles. The Morgan fingerprint density at radius 3 is 2.81 bits per heavy atom. The normalized spacial score (nSPS) is 19.0. The van der Waals surface area contributed by atoms with E-state index in [1.54, 1.807) is 4.90 Å². The third-order valence-corrected chi connectivity index (χ3v) is 5.38. The van der Waals surface area contributed by atoms with Crippen molar-refractivity contribution >= 4 is 17.5 Å². The van der Waals surface area contributed by atoms with Crippen LogP contribution >= 0.6 is 0 Å². The van der Waals surface area contributed by atoms with Crippen molar-refractivity contribution in [2.75, 3.05) is 18.5 Å². The summed E-state index contributed by atoms with van der Waals surface area (Å²) in [4.78, 5) is 26.7. The van der Waals surface area contributed by atoms with Crippen LogP contribution in [0.25, 0.3) is 0 Å². The lowest BCUT2D eigenvalue weighted by atomic mass is 10.1. The van der Waals surface area contributed by atoms with Crippen molar-refractivity contribution in [3.8, 4) is 5.75 Å². The van der Waals surface area contributed by atoms with Gasteiger partial charge >= 0.3 is 0 Å². The Labute approximate surface area is 157 Å². The molecule has 27 heavy (non-hydrogen) atoms. The maximum atomic E-state index is 12.9. The molecule has 2 aliphatic carbocycles. The van der Waals surface area contributed by atoms with Gasteiger partial charge in [0.25, 0.3) is 5.91 Å². The number of carbonyl (C=O) groups is 2. The number of nitrogens with one attached hydrogen (secondary N) is 2. The van der Waals surface area contributed by atoms with E-state index in [2.05, 4.69) is 15.5 Å². The molecule has 2 fully saturated rings. The molecule has 0 spiro atoms. The van der Waals surface area contributed by atoms with Crippen LogP contribution in [0.15, 0.2) is 24.3 Å². The summed E-state index contributed by atoms with van der Waals surface area (Å²) in [5, 5.41) is 10.2. The molecule has 0 saturated heterocycles. The van der Waals surface area contributed by atoms with Gasteiger partial charge < -0.3 is 15.0 Å². The van der Waals surface area contributed by atoms with Crippen LogP contribution in [0.1, 0.15) is 53.3 Å². The van der Waals surface area contributed by atoms with Crippen molar-refractivity contribution < 1.29 is 14.3 Å². The van der Waals surface area contributed by atoms with Gasteiger partial charge in [-0.2, -0.15) is 5.10 Å². The second kappa shape index (κ2) is 6.40. The highest BCUT2D eigenvalue weighted by Gasteiger charge is 2.30. The minimum absolute atomic E-state index is 0.0709. The van der Waals surface area contributed by atoms with Gasteiger partial charge in [0, 0.05) is 35.3 Å². The molecule has 7 nitrogen and oxygen atoms in total. The molecule has 7 heteroatoms. The molecule has 0 radical (unpaired) electrons. The molecule has 2 aromatic rings. The maximum absolute atomic E-state index is 12.9. The number of rotatable bonds is 4. The fourth-order valence-electron chi connectivity index (χ4n) is 3.45. The summed E-state index contributed by atoms with van der Waals surface area (Å²) in [6, 6.07) is 7.50. The standard InChI is InChI=1S/C20H22N4O3/c25-19(13-3-4-13)21-15-5-6-18-14(9-15)11-24(7-8-27-18)20(26)17-10-16(22-23-17)12-1-2-12/h5-6,9-10,12-13H,1-4,7-8,11H2,(H,21,25)(H,22,23). The van der Waals surface area contributed by atoms with Gasteiger partial charge in [-0.1, -0.05) is 0 Å². The van der Waals surface area contributed by atoms with Gasteiger partial charge in [-0.15, -0.1) is 0 Å². The molecule has 3 aliphatic rings. The molecule has 1 aromatic heterocycles. The third kappa shape index (κ3) is 3.41. The zero-order chi connectivity index (χ0) is 18.4. The molecule has 2 saturated carbocycles. The molecule has 0 bridgehead atoms. The summed E-state index contributed by atoms with van der Waals surface area (Å²) in [5.41, 5.74) is 3.15. The Bertz CT molecular complexity index is 898. The second-order valence-electron chi connectivity index (χ2n) is 7.64. The number of fused-ring (bicyclic) bond motifs is 1. The zero-order valence-corrected chi connectivity index (χ0v) is 15.0. The van der Waals surface area contributed by atoms with Crippen LogP contribution in [-0.4, -0.2) is 40.1 Å². The topological polar surface area (TPSA) is 87.3 Å². The molecule has 140 valence electrons. The van der Waals surface area contributed by atoms with Crippen molar-refractivity contribution in [2.45, 2.75) is 38.1 Å². The molecule has 2 N–H and O–H groups in total. The number of amides is 2. The van der Waals surface area contributed by atoms with Gasteiger partial charge in [0.1, 0.15) is 18.1 Å². The molecule has 2 amide bonds. The number of benzene rings is 1. The first kappa shape index (κ1) is 16.4. The number of hydrogen-bond acceptors (Lipinski definition) is 4. The largest absolute Gasteiger partial charge is 0.491 e. The van der Waals surface area contributed by atoms with Crippen molar-refractivity contribution in [1.29, 1.82) is 0 Å². The van der Waals surface area contributed by atoms with Crippen LogP contribution in [0, 0.1) is 5.92 Å². The predicted octanol–water partition coefficient (Wildman–Crippen LogP) is 2.67. The summed E-state index contributed by atoms with van der Waals surface area (Å²) in [5.74, 6) is 1.42. The molecule has 0 atom stereocenters. The van der Waals surface area contributed by atoms with Crippen LogP contribution in [0.4, 0.5) is 5.69 Å². The van der Waals surface area contributed by atoms with E-state index in [1.165, 1.54) is 0 Å². The molecule has 0 unspecified atom stereocenters. The molecule has 5 rings (SSSR count). The van der Waals surface area contributed by atoms with E-state index < -0.39 is 0 Å². The number of aromatic amines is 1. The maximum Gasteiger partial charge on any atom is 0.274 e. The van der Waals surface area contributed by atoms with Crippen LogP contribution in [0.3, 0.4) is 0 Å². The van der Waals surface area contributed by atoms with Crippen molar-refractivity contribution in [2.24, 2.45) is 5.92 Å². The first-order valence-corrected chi connectivity index (χ1v) is 9.58. The Kier molecular flexibility index (Phi) is 3.88. The summed E-state index contributed by atoms with van der Waals surface area (Å²) in [6.45, 7) is 1.38.